The SMILES string of the molecule is C=Cc1oc2c(N(c3ccccc3-c3ccccc3)c3ccc4ccc5c(N(c6ccccc6-c6ccccc6)c6cccc7c6oc6ccccc67)ccc6ccc3c4c65)cccc2c1C=C. The second-order valence-electron chi connectivity index (χ2n) is 17.2. The molecule has 0 saturated carbocycles. The number of furan rings is 2. The summed E-state index contributed by atoms with van der Waals surface area (Å²) in [6, 6.07) is 78.1. The van der Waals surface area contributed by atoms with Crippen molar-refractivity contribution in [3.63, 3.8) is 0 Å². The van der Waals surface area contributed by atoms with Crippen LogP contribution in [0.3, 0.4) is 0 Å². The Labute approximate surface area is 393 Å². The van der Waals surface area contributed by atoms with Gasteiger partial charge >= 0.3 is 0 Å². The number of nitrogens with zero attached hydrogens (tertiary/aromatic N) is 2. The molecule has 0 aliphatic heterocycles. The summed E-state index contributed by atoms with van der Waals surface area (Å²) in [6.07, 6.45) is 3.63. The van der Waals surface area contributed by atoms with Crippen LogP contribution in [0.1, 0.15) is 11.3 Å². The molecule has 4 heteroatoms. The molecule has 68 heavy (non-hydrogen) atoms. The smallest absolute Gasteiger partial charge is 0.159 e. The van der Waals surface area contributed by atoms with E-state index in [1.165, 1.54) is 10.8 Å². The van der Waals surface area contributed by atoms with Crippen molar-refractivity contribution >= 4 is 112 Å². The van der Waals surface area contributed by atoms with Crippen LogP contribution >= 0.6 is 0 Å². The highest BCUT2D eigenvalue weighted by Gasteiger charge is 2.28. The number of hydrogen-bond acceptors (Lipinski definition) is 4. The van der Waals surface area contributed by atoms with Crippen molar-refractivity contribution in [3.8, 4) is 22.3 Å². The first-order chi connectivity index (χ1) is 33.7. The van der Waals surface area contributed by atoms with E-state index in [4.69, 9.17) is 8.83 Å². The number of rotatable bonds is 10. The Morgan fingerprint density at radius 3 is 1.34 bits per heavy atom. The van der Waals surface area contributed by atoms with E-state index in [-0.39, 0.29) is 0 Å². The predicted molar refractivity (Wildman–Crippen MR) is 288 cm³/mol. The van der Waals surface area contributed by atoms with Gasteiger partial charge in [0.25, 0.3) is 0 Å². The van der Waals surface area contributed by atoms with E-state index in [1.807, 2.05) is 12.1 Å². The van der Waals surface area contributed by atoms with Gasteiger partial charge in [0.1, 0.15) is 11.3 Å². The number of fused-ring (bicyclic) bond motifs is 4. The average Bonchev–Trinajstić information content (AvgIpc) is 3.98. The molecular weight excluding hydrogens is 829 g/mol. The van der Waals surface area contributed by atoms with Crippen LogP contribution in [-0.2, 0) is 0 Å². The zero-order valence-corrected chi connectivity index (χ0v) is 37.1. The van der Waals surface area contributed by atoms with Gasteiger partial charge in [0.15, 0.2) is 11.2 Å². The third kappa shape index (κ3) is 6.01. The topological polar surface area (TPSA) is 32.8 Å². The fraction of sp³-hybridized carbons (Fsp3) is 0. The van der Waals surface area contributed by atoms with Crippen molar-refractivity contribution < 1.29 is 8.83 Å². The Kier molecular flexibility index (Phi) is 9.12. The first kappa shape index (κ1) is 39.3. The molecule has 0 amide bonds. The molecule has 0 spiro atoms. The second kappa shape index (κ2) is 15.8. The Morgan fingerprint density at radius 2 is 0.779 bits per heavy atom. The monoisotopic (exact) mass is 870 g/mol. The number of para-hydroxylation sites is 5. The van der Waals surface area contributed by atoms with Gasteiger partial charge in [-0.15, -0.1) is 0 Å². The third-order valence-electron chi connectivity index (χ3n) is 13.6. The Balaban J connectivity index is 1.11. The molecule has 0 N–H and O–H groups in total. The molecule has 0 saturated heterocycles. The highest BCUT2D eigenvalue weighted by molar-refractivity contribution is 6.29. The quantitative estimate of drug-likeness (QED) is 0.128. The molecular formula is C64H42N2O2. The lowest BCUT2D eigenvalue weighted by Gasteiger charge is -2.31. The predicted octanol–water partition coefficient (Wildman–Crippen LogP) is 18.8. The van der Waals surface area contributed by atoms with Crippen molar-refractivity contribution in [1.82, 2.24) is 0 Å². The maximum atomic E-state index is 6.83. The minimum absolute atomic E-state index is 0.693. The van der Waals surface area contributed by atoms with E-state index in [2.05, 4.69) is 235 Å². The minimum atomic E-state index is 0.693. The fourth-order valence-electron chi connectivity index (χ4n) is 10.6. The van der Waals surface area contributed by atoms with Gasteiger partial charge in [-0.1, -0.05) is 195 Å². The van der Waals surface area contributed by atoms with Gasteiger partial charge in [-0.2, -0.15) is 0 Å². The summed E-state index contributed by atoms with van der Waals surface area (Å²) in [4.78, 5) is 4.79. The molecule has 0 bridgehead atoms. The minimum Gasteiger partial charge on any atom is -0.454 e. The van der Waals surface area contributed by atoms with Crippen molar-refractivity contribution in [2.75, 3.05) is 9.80 Å². The molecule has 2 aromatic heterocycles. The first-order valence-corrected chi connectivity index (χ1v) is 23.0. The summed E-state index contributed by atoms with van der Waals surface area (Å²) in [6.45, 7) is 8.27. The number of hydrogen-bond donors (Lipinski definition) is 0. The largest absolute Gasteiger partial charge is 0.454 e. The lowest BCUT2D eigenvalue weighted by Crippen LogP contribution is -2.13. The van der Waals surface area contributed by atoms with E-state index in [1.54, 1.807) is 6.08 Å². The molecule has 11 aromatic carbocycles. The van der Waals surface area contributed by atoms with E-state index in [9.17, 15) is 0 Å². The zero-order chi connectivity index (χ0) is 45.3. The van der Waals surface area contributed by atoms with Gasteiger partial charge in [-0.3, -0.25) is 0 Å². The standard InChI is InChI=1S/C64H42N2O2/c1-3-45-49-26-17-30-57(63(49)67-59(45)4-2)65(53-28-14-11-23-46(53)41-19-7-5-8-20-41)55-39-35-43-34-38-52-56(40-36-44-33-37-51(55)61(43)62(44)52)66(54-29-15-12-24-47(54)42-21-9-6-10-22-42)58-31-18-27-50-48-25-13-16-32-60(48)68-64(50)58/h3-40H,1-2H2. The highest BCUT2D eigenvalue weighted by atomic mass is 16.3. The molecule has 13 aromatic rings. The van der Waals surface area contributed by atoms with Crippen LogP contribution in [-0.4, -0.2) is 0 Å². The number of benzene rings is 11. The van der Waals surface area contributed by atoms with Crippen LogP contribution in [0.15, 0.2) is 240 Å². The summed E-state index contributed by atoms with van der Waals surface area (Å²) in [5.74, 6) is 0.693. The van der Waals surface area contributed by atoms with Crippen molar-refractivity contribution in [2.24, 2.45) is 0 Å². The fourth-order valence-corrected chi connectivity index (χ4v) is 10.6. The van der Waals surface area contributed by atoms with Crippen LogP contribution in [0.2, 0.25) is 0 Å². The van der Waals surface area contributed by atoms with Gasteiger partial charge < -0.3 is 18.6 Å². The Morgan fingerprint density at radius 1 is 0.324 bits per heavy atom. The molecule has 2 heterocycles. The van der Waals surface area contributed by atoms with Crippen LogP contribution < -0.4 is 9.80 Å². The Bertz CT molecular complexity index is 4090. The molecule has 0 unspecified atom stereocenters. The van der Waals surface area contributed by atoms with E-state index >= 15 is 0 Å². The van der Waals surface area contributed by atoms with Gasteiger partial charge in [-0.25, -0.2) is 0 Å². The van der Waals surface area contributed by atoms with Crippen LogP contribution in [0.5, 0.6) is 0 Å². The second-order valence-corrected chi connectivity index (χ2v) is 17.2. The van der Waals surface area contributed by atoms with E-state index < -0.39 is 0 Å². The van der Waals surface area contributed by atoms with E-state index in [0.717, 1.165) is 116 Å². The average molecular weight is 871 g/mol. The zero-order valence-electron chi connectivity index (χ0n) is 37.1. The summed E-state index contributed by atoms with van der Waals surface area (Å²) >= 11 is 0. The summed E-state index contributed by atoms with van der Waals surface area (Å²) in [5.41, 5.74) is 13.9. The lowest BCUT2D eigenvalue weighted by atomic mass is 9.91. The maximum Gasteiger partial charge on any atom is 0.159 e. The molecule has 4 nitrogen and oxygen atoms in total. The molecule has 0 atom stereocenters. The molecule has 0 aliphatic carbocycles. The van der Waals surface area contributed by atoms with Crippen LogP contribution in [0.4, 0.5) is 34.1 Å². The first-order valence-electron chi connectivity index (χ1n) is 23.0. The van der Waals surface area contributed by atoms with Crippen molar-refractivity contribution in [3.05, 3.63) is 243 Å². The highest BCUT2D eigenvalue weighted by Crippen LogP contribution is 2.52. The van der Waals surface area contributed by atoms with Gasteiger partial charge in [0, 0.05) is 43.6 Å². The summed E-state index contributed by atoms with van der Waals surface area (Å²) in [7, 11) is 0. The van der Waals surface area contributed by atoms with Gasteiger partial charge in [0.05, 0.1) is 34.1 Å². The van der Waals surface area contributed by atoms with Crippen molar-refractivity contribution in [2.45, 2.75) is 0 Å². The van der Waals surface area contributed by atoms with Gasteiger partial charge in [0.2, 0.25) is 0 Å². The lowest BCUT2D eigenvalue weighted by molar-refractivity contribution is 0.604. The molecule has 0 fully saturated rings. The molecule has 0 radical (unpaired) electrons. The normalized spacial score (nSPS) is 11.6. The van der Waals surface area contributed by atoms with Gasteiger partial charge in [-0.05, 0) is 81.2 Å². The molecule has 13 rings (SSSR count). The molecule has 0 aliphatic rings. The van der Waals surface area contributed by atoms with E-state index in [0.29, 0.717) is 5.76 Å². The molecule has 320 valence electrons. The summed E-state index contributed by atoms with van der Waals surface area (Å²) < 4.78 is 13.6. The van der Waals surface area contributed by atoms with Crippen molar-refractivity contribution in [1.29, 1.82) is 0 Å². The maximum absolute atomic E-state index is 6.83. The summed E-state index contributed by atoms with van der Waals surface area (Å²) in [5, 5.41) is 10.1. The number of anilines is 6. The van der Waals surface area contributed by atoms with Crippen LogP contribution in [0, 0.1) is 0 Å². The third-order valence-corrected chi connectivity index (χ3v) is 13.6. The Hall–Kier alpha value is -9.12. The van der Waals surface area contributed by atoms with Crippen LogP contribution in [0.25, 0.3) is 99.6 Å².